The fourth-order valence-corrected chi connectivity index (χ4v) is 3.19. The fraction of sp³-hybridized carbons (Fsp3) is 0.667. The summed E-state index contributed by atoms with van der Waals surface area (Å²) in [7, 11) is 0. The Kier molecular flexibility index (Phi) is 4.61. The highest BCUT2D eigenvalue weighted by atomic mass is 79.9. The molecular weight excluding hydrogens is 274 g/mol. The van der Waals surface area contributed by atoms with Crippen LogP contribution in [0.3, 0.4) is 0 Å². The highest BCUT2D eigenvalue weighted by molar-refractivity contribution is 9.10. The van der Waals surface area contributed by atoms with E-state index in [1.165, 1.54) is 44.2 Å². The summed E-state index contributed by atoms with van der Waals surface area (Å²) in [6, 6.07) is 2.24. The molecule has 0 bridgehead atoms. The predicted octanol–water partition coefficient (Wildman–Crippen LogP) is 4.70. The Morgan fingerprint density at radius 1 is 1.18 bits per heavy atom. The van der Waals surface area contributed by atoms with Gasteiger partial charge in [-0.2, -0.15) is 0 Å². The highest BCUT2D eigenvalue weighted by Gasteiger charge is 2.14. The molecule has 0 saturated carbocycles. The second-order valence-corrected chi connectivity index (χ2v) is 6.35. The first-order chi connectivity index (χ1) is 8.16. The lowest BCUT2D eigenvalue weighted by Crippen LogP contribution is -2.09. The maximum atomic E-state index is 4.72. The lowest BCUT2D eigenvalue weighted by Gasteiger charge is -2.18. The van der Waals surface area contributed by atoms with Gasteiger partial charge >= 0.3 is 0 Å². The van der Waals surface area contributed by atoms with E-state index in [1.54, 1.807) is 11.1 Å². The SMILES string of the molecule is CC(C)Cc1nc(Br)cc2c1CCCCCC2. The molecule has 1 heterocycles. The van der Waals surface area contributed by atoms with Gasteiger partial charge < -0.3 is 0 Å². The first kappa shape index (κ1) is 13.1. The average molecular weight is 296 g/mol. The number of aromatic nitrogens is 1. The van der Waals surface area contributed by atoms with Crippen LogP contribution in [0.5, 0.6) is 0 Å². The molecule has 0 unspecified atom stereocenters. The maximum Gasteiger partial charge on any atom is 0.106 e. The van der Waals surface area contributed by atoms with Gasteiger partial charge in [0.15, 0.2) is 0 Å². The van der Waals surface area contributed by atoms with Crippen molar-refractivity contribution in [3.63, 3.8) is 0 Å². The topological polar surface area (TPSA) is 12.9 Å². The number of aryl methyl sites for hydroxylation is 1. The molecule has 0 N–H and O–H groups in total. The lowest BCUT2D eigenvalue weighted by atomic mass is 9.90. The molecule has 0 spiro atoms. The summed E-state index contributed by atoms with van der Waals surface area (Å²) in [5.74, 6) is 0.686. The molecule has 0 radical (unpaired) electrons. The van der Waals surface area contributed by atoms with Crippen molar-refractivity contribution in [2.45, 2.75) is 58.8 Å². The van der Waals surface area contributed by atoms with Gasteiger partial charge in [-0.25, -0.2) is 4.98 Å². The van der Waals surface area contributed by atoms with Gasteiger partial charge in [0.25, 0.3) is 0 Å². The van der Waals surface area contributed by atoms with E-state index in [1.807, 2.05) is 0 Å². The van der Waals surface area contributed by atoms with Gasteiger partial charge in [0.1, 0.15) is 4.60 Å². The van der Waals surface area contributed by atoms with E-state index in [4.69, 9.17) is 4.98 Å². The summed E-state index contributed by atoms with van der Waals surface area (Å²) in [5, 5.41) is 0. The zero-order valence-electron chi connectivity index (χ0n) is 10.9. The number of pyridine rings is 1. The molecule has 2 heteroatoms. The molecule has 0 saturated heterocycles. The van der Waals surface area contributed by atoms with Crippen LogP contribution < -0.4 is 0 Å². The second-order valence-electron chi connectivity index (χ2n) is 5.54. The van der Waals surface area contributed by atoms with Crippen LogP contribution in [-0.2, 0) is 19.3 Å². The van der Waals surface area contributed by atoms with Crippen molar-refractivity contribution in [3.05, 3.63) is 27.5 Å². The summed E-state index contributed by atoms with van der Waals surface area (Å²) < 4.78 is 1.02. The van der Waals surface area contributed by atoms with Gasteiger partial charge in [-0.15, -0.1) is 0 Å². The van der Waals surface area contributed by atoms with Crippen molar-refractivity contribution in [1.82, 2.24) is 4.98 Å². The Morgan fingerprint density at radius 3 is 2.59 bits per heavy atom. The Balaban J connectivity index is 2.36. The molecule has 94 valence electrons. The van der Waals surface area contributed by atoms with Crippen molar-refractivity contribution in [3.8, 4) is 0 Å². The third kappa shape index (κ3) is 3.54. The number of nitrogens with zero attached hydrogens (tertiary/aromatic N) is 1. The number of rotatable bonds is 2. The smallest absolute Gasteiger partial charge is 0.106 e. The van der Waals surface area contributed by atoms with Crippen molar-refractivity contribution in [2.24, 2.45) is 5.92 Å². The van der Waals surface area contributed by atoms with E-state index in [2.05, 4.69) is 35.8 Å². The molecule has 1 aromatic rings. The van der Waals surface area contributed by atoms with Crippen LogP contribution in [-0.4, -0.2) is 4.98 Å². The number of hydrogen-bond donors (Lipinski definition) is 0. The minimum absolute atomic E-state index is 0.686. The number of halogens is 1. The van der Waals surface area contributed by atoms with Crippen LogP contribution in [0.2, 0.25) is 0 Å². The minimum Gasteiger partial charge on any atom is -0.246 e. The zero-order valence-corrected chi connectivity index (χ0v) is 12.5. The van der Waals surface area contributed by atoms with Gasteiger partial charge in [-0.1, -0.05) is 26.7 Å². The van der Waals surface area contributed by atoms with Gasteiger partial charge in [0, 0.05) is 5.69 Å². The third-order valence-electron chi connectivity index (χ3n) is 3.50. The Bertz CT molecular complexity index is 385. The largest absolute Gasteiger partial charge is 0.246 e. The first-order valence-corrected chi connectivity index (χ1v) is 7.63. The van der Waals surface area contributed by atoms with Crippen LogP contribution in [0.4, 0.5) is 0 Å². The van der Waals surface area contributed by atoms with Gasteiger partial charge in [0.2, 0.25) is 0 Å². The molecule has 2 rings (SSSR count). The predicted molar refractivity (Wildman–Crippen MR) is 76.4 cm³/mol. The molecular formula is C15H22BrN. The molecule has 0 amide bonds. The van der Waals surface area contributed by atoms with Crippen LogP contribution in [0, 0.1) is 5.92 Å². The second kappa shape index (κ2) is 5.99. The Morgan fingerprint density at radius 2 is 1.88 bits per heavy atom. The van der Waals surface area contributed by atoms with Crippen molar-refractivity contribution < 1.29 is 0 Å². The average Bonchev–Trinajstić information content (AvgIpc) is 2.19. The minimum atomic E-state index is 0.686. The Hall–Kier alpha value is -0.370. The third-order valence-corrected chi connectivity index (χ3v) is 3.90. The van der Waals surface area contributed by atoms with Crippen LogP contribution >= 0.6 is 15.9 Å². The lowest BCUT2D eigenvalue weighted by molar-refractivity contribution is 0.592. The van der Waals surface area contributed by atoms with Crippen LogP contribution in [0.1, 0.15) is 56.4 Å². The fourth-order valence-electron chi connectivity index (χ4n) is 2.70. The molecule has 0 aromatic carbocycles. The van der Waals surface area contributed by atoms with E-state index in [9.17, 15) is 0 Å². The van der Waals surface area contributed by atoms with Crippen molar-refractivity contribution >= 4 is 15.9 Å². The van der Waals surface area contributed by atoms with E-state index in [0.717, 1.165) is 11.0 Å². The molecule has 17 heavy (non-hydrogen) atoms. The molecule has 0 fully saturated rings. The molecule has 1 aliphatic rings. The van der Waals surface area contributed by atoms with E-state index < -0.39 is 0 Å². The van der Waals surface area contributed by atoms with Crippen molar-refractivity contribution in [1.29, 1.82) is 0 Å². The van der Waals surface area contributed by atoms with Gasteiger partial charge in [-0.3, -0.25) is 0 Å². The Labute approximate surface area is 113 Å². The van der Waals surface area contributed by atoms with Gasteiger partial charge in [-0.05, 0) is 71.1 Å². The number of hydrogen-bond acceptors (Lipinski definition) is 1. The van der Waals surface area contributed by atoms with E-state index in [0.29, 0.717) is 5.92 Å². The van der Waals surface area contributed by atoms with Crippen LogP contribution in [0.25, 0.3) is 0 Å². The summed E-state index contributed by atoms with van der Waals surface area (Å²) in [4.78, 5) is 4.72. The summed E-state index contributed by atoms with van der Waals surface area (Å²) in [5.41, 5.74) is 4.44. The molecule has 0 atom stereocenters. The molecule has 1 aliphatic carbocycles. The van der Waals surface area contributed by atoms with Gasteiger partial charge in [0.05, 0.1) is 0 Å². The quantitative estimate of drug-likeness (QED) is 0.721. The first-order valence-electron chi connectivity index (χ1n) is 6.84. The van der Waals surface area contributed by atoms with E-state index >= 15 is 0 Å². The maximum absolute atomic E-state index is 4.72. The standard InChI is InChI=1S/C15H22BrN/c1-11(2)9-14-13-8-6-4-3-5-7-12(13)10-15(16)17-14/h10-11H,3-9H2,1-2H3. The summed E-state index contributed by atoms with van der Waals surface area (Å²) in [6.45, 7) is 4.55. The van der Waals surface area contributed by atoms with E-state index in [-0.39, 0.29) is 0 Å². The normalized spacial score (nSPS) is 16.5. The highest BCUT2D eigenvalue weighted by Crippen LogP contribution is 2.26. The summed E-state index contributed by atoms with van der Waals surface area (Å²) >= 11 is 3.57. The molecule has 1 nitrogen and oxygen atoms in total. The summed E-state index contributed by atoms with van der Waals surface area (Å²) in [6.07, 6.45) is 9.03. The zero-order chi connectivity index (χ0) is 12.3. The number of fused-ring (bicyclic) bond motifs is 1. The monoisotopic (exact) mass is 295 g/mol. The molecule has 1 aromatic heterocycles. The van der Waals surface area contributed by atoms with Crippen LogP contribution in [0.15, 0.2) is 10.7 Å². The molecule has 0 aliphatic heterocycles. The van der Waals surface area contributed by atoms with Crippen molar-refractivity contribution in [2.75, 3.05) is 0 Å².